The predicted octanol–water partition coefficient (Wildman–Crippen LogP) is 3.28. The van der Waals surface area contributed by atoms with Crippen molar-refractivity contribution in [3.8, 4) is 5.75 Å². The molecule has 2 aromatic rings. The van der Waals surface area contributed by atoms with Crippen LogP contribution in [-0.2, 0) is 6.73 Å². The standard InChI is InChI=1S/C18H23N3O2/c1-14(2)15-5-7-16(8-6-15)23-13-21-12-9-17(19-21)18(22)20-10-3-4-11-20/h5-9,12,14H,3-4,10-11,13H2,1-2H3. The summed E-state index contributed by atoms with van der Waals surface area (Å²) in [4.78, 5) is 14.1. The van der Waals surface area contributed by atoms with Gasteiger partial charge in [0.25, 0.3) is 5.91 Å². The van der Waals surface area contributed by atoms with E-state index in [0.717, 1.165) is 31.7 Å². The van der Waals surface area contributed by atoms with Gasteiger partial charge in [0, 0.05) is 19.3 Å². The van der Waals surface area contributed by atoms with Gasteiger partial charge >= 0.3 is 0 Å². The summed E-state index contributed by atoms with van der Waals surface area (Å²) in [6, 6.07) is 9.84. The summed E-state index contributed by atoms with van der Waals surface area (Å²) in [5, 5.41) is 4.32. The summed E-state index contributed by atoms with van der Waals surface area (Å²) in [6.07, 6.45) is 3.95. The Labute approximate surface area is 136 Å². The fourth-order valence-electron chi connectivity index (χ4n) is 2.72. The molecule has 122 valence electrons. The number of benzene rings is 1. The average molecular weight is 313 g/mol. The molecule has 5 nitrogen and oxygen atoms in total. The Hall–Kier alpha value is -2.30. The first-order chi connectivity index (χ1) is 11.1. The molecule has 0 atom stereocenters. The molecule has 0 aliphatic carbocycles. The molecule has 2 heterocycles. The molecule has 1 aliphatic heterocycles. The minimum atomic E-state index is 0.0162. The highest BCUT2D eigenvalue weighted by molar-refractivity contribution is 5.92. The fourth-order valence-corrected chi connectivity index (χ4v) is 2.72. The second-order valence-electron chi connectivity index (χ2n) is 6.24. The molecular weight excluding hydrogens is 290 g/mol. The van der Waals surface area contributed by atoms with E-state index in [-0.39, 0.29) is 5.91 Å². The van der Waals surface area contributed by atoms with Crippen LogP contribution in [0.15, 0.2) is 36.5 Å². The van der Waals surface area contributed by atoms with Gasteiger partial charge in [-0.25, -0.2) is 4.68 Å². The van der Waals surface area contributed by atoms with Crippen molar-refractivity contribution in [2.45, 2.75) is 39.3 Å². The highest BCUT2D eigenvalue weighted by atomic mass is 16.5. The van der Waals surface area contributed by atoms with Crippen LogP contribution in [0.5, 0.6) is 5.75 Å². The van der Waals surface area contributed by atoms with Crippen LogP contribution < -0.4 is 4.74 Å². The third-order valence-corrected chi connectivity index (χ3v) is 4.16. The van der Waals surface area contributed by atoms with Crippen molar-refractivity contribution >= 4 is 5.91 Å². The van der Waals surface area contributed by atoms with Gasteiger partial charge in [-0.3, -0.25) is 4.79 Å². The third-order valence-electron chi connectivity index (χ3n) is 4.16. The van der Waals surface area contributed by atoms with E-state index in [4.69, 9.17) is 4.74 Å². The number of hydrogen-bond acceptors (Lipinski definition) is 3. The lowest BCUT2D eigenvalue weighted by molar-refractivity contribution is 0.0785. The Morgan fingerprint density at radius 2 is 1.87 bits per heavy atom. The fraction of sp³-hybridized carbons (Fsp3) is 0.444. The number of amides is 1. The topological polar surface area (TPSA) is 47.4 Å². The van der Waals surface area contributed by atoms with Gasteiger partial charge in [0.1, 0.15) is 5.75 Å². The second kappa shape index (κ2) is 6.86. The van der Waals surface area contributed by atoms with Crippen LogP contribution in [0, 0.1) is 0 Å². The first-order valence-corrected chi connectivity index (χ1v) is 8.19. The van der Waals surface area contributed by atoms with Gasteiger partial charge in [-0.15, -0.1) is 0 Å². The van der Waals surface area contributed by atoms with Crippen LogP contribution >= 0.6 is 0 Å². The Morgan fingerprint density at radius 1 is 1.17 bits per heavy atom. The molecule has 1 aliphatic rings. The number of rotatable bonds is 5. The quantitative estimate of drug-likeness (QED) is 0.851. The van der Waals surface area contributed by atoms with Crippen molar-refractivity contribution < 1.29 is 9.53 Å². The number of aromatic nitrogens is 2. The van der Waals surface area contributed by atoms with Gasteiger partial charge in [-0.2, -0.15) is 5.10 Å². The first kappa shape index (κ1) is 15.6. The molecular formula is C18H23N3O2. The Bertz CT molecular complexity index is 655. The van der Waals surface area contributed by atoms with E-state index in [2.05, 4.69) is 31.1 Å². The highest BCUT2D eigenvalue weighted by Gasteiger charge is 2.21. The minimum absolute atomic E-state index is 0.0162. The maximum atomic E-state index is 12.2. The predicted molar refractivity (Wildman–Crippen MR) is 88.5 cm³/mol. The van der Waals surface area contributed by atoms with Crippen molar-refractivity contribution in [3.63, 3.8) is 0 Å². The van der Waals surface area contributed by atoms with E-state index in [0.29, 0.717) is 18.3 Å². The van der Waals surface area contributed by atoms with Gasteiger partial charge in [0.05, 0.1) is 0 Å². The number of nitrogens with zero attached hydrogens (tertiary/aromatic N) is 3. The van der Waals surface area contributed by atoms with Crippen molar-refractivity contribution in [2.24, 2.45) is 0 Å². The van der Waals surface area contributed by atoms with Crippen molar-refractivity contribution in [2.75, 3.05) is 13.1 Å². The number of ether oxygens (including phenoxy) is 1. The normalized spacial score (nSPS) is 14.5. The molecule has 0 saturated carbocycles. The van der Waals surface area contributed by atoms with Crippen LogP contribution in [0.4, 0.5) is 0 Å². The summed E-state index contributed by atoms with van der Waals surface area (Å²) in [7, 11) is 0. The largest absolute Gasteiger partial charge is 0.471 e. The van der Waals surface area contributed by atoms with E-state index < -0.39 is 0 Å². The summed E-state index contributed by atoms with van der Waals surface area (Å²) in [5.41, 5.74) is 1.78. The molecule has 23 heavy (non-hydrogen) atoms. The number of hydrogen-bond donors (Lipinski definition) is 0. The molecule has 0 N–H and O–H groups in total. The van der Waals surface area contributed by atoms with E-state index in [9.17, 15) is 4.79 Å². The molecule has 1 amide bonds. The summed E-state index contributed by atoms with van der Waals surface area (Å²) < 4.78 is 7.37. The molecule has 0 unspecified atom stereocenters. The summed E-state index contributed by atoms with van der Waals surface area (Å²) >= 11 is 0. The molecule has 1 aromatic heterocycles. The minimum Gasteiger partial charge on any atom is -0.471 e. The smallest absolute Gasteiger partial charge is 0.274 e. The second-order valence-corrected chi connectivity index (χ2v) is 6.24. The molecule has 1 aromatic carbocycles. The van der Waals surface area contributed by atoms with Crippen LogP contribution in [0.1, 0.15) is 48.7 Å². The maximum Gasteiger partial charge on any atom is 0.274 e. The van der Waals surface area contributed by atoms with E-state index in [1.165, 1.54) is 5.56 Å². The molecule has 1 saturated heterocycles. The zero-order valence-corrected chi connectivity index (χ0v) is 13.7. The molecule has 1 fully saturated rings. The van der Waals surface area contributed by atoms with Crippen molar-refractivity contribution in [1.82, 2.24) is 14.7 Å². The number of carbonyl (C=O) groups is 1. The van der Waals surface area contributed by atoms with Gasteiger partial charge in [0.2, 0.25) is 0 Å². The lowest BCUT2D eigenvalue weighted by Gasteiger charge is -2.13. The van der Waals surface area contributed by atoms with Crippen LogP contribution in [0.3, 0.4) is 0 Å². The SMILES string of the molecule is CC(C)c1ccc(OCn2ccc(C(=O)N3CCCC3)n2)cc1. The van der Waals surface area contributed by atoms with Crippen molar-refractivity contribution in [1.29, 1.82) is 0 Å². The molecule has 0 radical (unpaired) electrons. The molecule has 0 spiro atoms. The molecule has 3 rings (SSSR count). The Kier molecular flexibility index (Phi) is 4.65. The Morgan fingerprint density at radius 3 is 2.52 bits per heavy atom. The lowest BCUT2D eigenvalue weighted by Crippen LogP contribution is -2.28. The van der Waals surface area contributed by atoms with E-state index in [1.54, 1.807) is 16.9 Å². The van der Waals surface area contributed by atoms with Crippen LogP contribution in [-0.4, -0.2) is 33.7 Å². The monoisotopic (exact) mass is 313 g/mol. The van der Waals surface area contributed by atoms with Gasteiger partial charge < -0.3 is 9.64 Å². The Balaban J connectivity index is 1.57. The lowest BCUT2D eigenvalue weighted by atomic mass is 10.0. The van der Waals surface area contributed by atoms with Crippen LogP contribution in [0.2, 0.25) is 0 Å². The van der Waals surface area contributed by atoms with E-state index >= 15 is 0 Å². The zero-order valence-electron chi connectivity index (χ0n) is 13.7. The zero-order chi connectivity index (χ0) is 16.2. The summed E-state index contributed by atoms with van der Waals surface area (Å²) in [6.45, 7) is 6.31. The van der Waals surface area contributed by atoms with Crippen molar-refractivity contribution in [3.05, 3.63) is 47.8 Å². The van der Waals surface area contributed by atoms with Crippen LogP contribution in [0.25, 0.3) is 0 Å². The number of carbonyl (C=O) groups excluding carboxylic acids is 1. The van der Waals surface area contributed by atoms with Gasteiger partial charge in [-0.05, 0) is 42.5 Å². The highest BCUT2D eigenvalue weighted by Crippen LogP contribution is 2.19. The molecule has 0 bridgehead atoms. The van der Waals surface area contributed by atoms with Gasteiger partial charge in [-0.1, -0.05) is 26.0 Å². The third kappa shape index (κ3) is 3.73. The number of likely N-dealkylation sites (tertiary alicyclic amines) is 1. The maximum absolute atomic E-state index is 12.2. The molecule has 5 heteroatoms. The first-order valence-electron chi connectivity index (χ1n) is 8.19. The summed E-state index contributed by atoms with van der Waals surface area (Å²) in [5.74, 6) is 1.33. The van der Waals surface area contributed by atoms with Gasteiger partial charge in [0.15, 0.2) is 12.4 Å². The van der Waals surface area contributed by atoms with E-state index in [1.807, 2.05) is 17.0 Å². The average Bonchev–Trinajstić information content (AvgIpc) is 3.24.